The van der Waals surface area contributed by atoms with Gasteiger partial charge < -0.3 is 9.84 Å². The average molecular weight is 282 g/mol. The van der Waals surface area contributed by atoms with Gasteiger partial charge in [0.25, 0.3) is 0 Å². The molecule has 1 N–H and O–H groups in total. The molecule has 0 aliphatic rings. The van der Waals surface area contributed by atoms with Crippen LogP contribution in [0.5, 0.6) is 5.75 Å². The van der Waals surface area contributed by atoms with E-state index in [1.807, 2.05) is 0 Å². The summed E-state index contributed by atoms with van der Waals surface area (Å²) < 4.78 is 19.0. The molecule has 112 valence electrons. The normalized spacial score (nSPS) is 12.1. The molecule has 1 atom stereocenters. The molecule has 0 bridgehead atoms. The van der Waals surface area contributed by atoms with Gasteiger partial charge in [-0.05, 0) is 30.7 Å². The van der Waals surface area contributed by atoms with Gasteiger partial charge in [0, 0.05) is 6.42 Å². The van der Waals surface area contributed by atoms with E-state index in [9.17, 15) is 9.18 Å². The van der Waals surface area contributed by atoms with Crippen LogP contribution in [0.4, 0.5) is 4.39 Å². The van der Waals surface area contributed by atoms with E-state index in [0.29, 0.717) is 25.2 Å². The molecular weight excluding hydrogens is 259 g/mol. The standard InChI is InChI=1S/C16H23FO3/c1-2-3-4-5-6-14(17)11-12-20-15-9-7-13(8-10-15)16(18)19/h7-10,14H,2-6,11-12H2,1H3,(H,18,19). The number of alkyl halides is 1. The number of aromatic carboxylic acids is 1. The summed E-state index contributed by atoms with van der Waals surface area (Å²) in [6.45, 7) is 2.46. The summed E-state index contributed by atoms with van der Waals surface area (Å²) >= 11 is 0. The SMILES string of the molecule is CCCCCCC(F)CCOc1ccc(C(=O)O)cc1. The number of benzene rings is 1. The van der Waals surface area contributed by atoms with E-state index >= 15 is 0 Å². The molecule has 0 aliphatic carbocycles. The molecule has 0 radical (unpaired) electrons. The van der Waals surface area contributed by atoms with Crippen molar-refractivity contribution in [1.29, 1.82) is 0 Å². The van der Waals surface area contributed by atoms with E-state index in [1.54, 1.807) is 12.1 Å². The number of hydrogen-bond acceptors (Lipinski definition) is 2. The summed E-state index contributed by atoms with van der Waals surface area (Å²) in [5.74, 6) is -0.388. The molecule has 1 aromatic rings. The van der Waals surface area contributed by atoms with Crippen molar-refractivity contribution in [2.24, 2.45) is 0 Å². The monoisotopic (exact) mass is 282 g/mol. The molecule has 1 unspecified atom stereocenters. The fourth-order valence-corrected chi connectivity index (χ4v) is 1.94. The van der Waals surface area contributed by atoms with Crippen molar-refractivity contribution < 1.29 is 19.0 Å². The number of hydrogen-bond donors (Lipinski definition) is 1. The van der Waals surface area contributed by atoms with E-state index in [0.717, 1.165) is 19.3 Å². The molecule has 1 rings (SSSR count). The Morgan fingerprint density at radius 1 is 1.20 bits per heavy atom. The predicted octanol–water partition coefficient (Wildman–Crippen LogP) is 4.46. The fourth-order valence-electron chi connectivity index (χ4n) is 1.94. The van der Waals surface area contributed by atoms with Crippen LogP contribution in [0.3, 0.4) is 0 Å². The summed E-state index contributed by atoms with van der Waals surface area (Å²) in [4.78, 5) is 10.7. The van der Waals surface area contributed by atoms with Crippen LogP contribution in [0.25, 0.3) is 0 Å². The Balaban J connectivity index is 2.18. The number of carbonyl (C=O) groups is 1. The van der Waals surface area contributed by atoms with E-state index in [2.05, 4.69) is 6.92 Å². The largest absolute Gasteiger partial charge is 0.493 e. The lowest BCUT2D eigenvalue weighted by Crippen LogP contribution is -2.07. The summed E-state index contributed by atoms with van der Waals surface area (Å²) in [5, 5.41) is 8.75. The topological polar surface area (TPSA) is 46.5 Å². The highest BCUT2D eigenvalue weighted by molar-refractivity contribution is 5.87. The molecule has 0 saturated carbocycles. The Hall–Kier alpha value is -1.58. The average Bonchev–Trinajstić information content (AvgIpc) is 2.44. The lowest BCUT2D eigenvalue weighted by molar-refractivity contribution is 0.0697. The summed E-state index contributed by atoms with van der Waals surface area (Å²) in [6, 6.07) is 6.15. The van der Waals surface area contributed by atoms with E-state index in [-0.39, 0.29) is 5.56 Å². The Kier molecular flexibility index (Phi) is 7.70. The second kappa shape index (κ2) is 9.34. The van der Waals surface area contributed by atoms with Gasteiger partial charge in [-0.2, -0.15) is 0 Å². The first-order chi connectivity index (χ1) is 9.63. The lowest BCUT2D eigenvalue weighted by Gasteiger charge is -2.10. The first-order valence-corrected chi connectivity index (χ1v) is 7.23. The number of carboxylic acids is 1. The fraction of sp³-hybridized carbons (Fsp3) is 0.562. The summed E-state index contributed by atoms with van der Waals surface area (Å²) in [6.07, 6.45) is 4.52. The van der Waals surface area contributed by atoms with Crippen LogP contribution in [0, 0.1) is 0 Å². The number of halogens is 1. The Morgan fingerprint density at radius 3 is 2.50 bits per heavy atom. The van der Waals surface area contributed by atoms with Crippen LogP contribution >= 0.6 is 0 Å². The van der Waals surface area contributed by atoms with Crippen molar-refractivity contribution in [3.8, 4) is 5.75 Å². The second-order valence-electron chi connectivity index (χ2n) is 4.91. The van der Waals surface area contributed by atoms with Crippen LogP contribution in [0.1, 0.15) is 55.8 Å². The Bertz CT molecular complexity index is 389. The highest BCUT2D eigenvalue weighted by Crippen LogP contribution is 2.15. The minimum atomic E-state index is -0.965. The van der Waals surface area contributed by atoms with Crippen LogP contribution in [-0.4, -0.2) is 23.9 Å². The molecule has 0 saturated heterocycles. The molecule has 0 fully saturated rings. The van der Waals surface area contributed by atoms with Gasteiger partial charge in [0.05, 0.1) is 12.2 Å². The van der Waals surface area contributed by atoms with Gasteiger partial charge in [0.15, 0.2) is 0 Å². The molecule has 20 heavy (non-hydrogen) atoms. The van der Waals surface area contributed by atoms with Gasteiger partial charge in [-0.1, -0.05) is 32.6 Å². The number of ether oxygens (including phenoxy) is 1. The van der Waals surface area contributed by atoms with Gasteiger partial charge >= 0.3 is 5.97 Å². The van der Waals surface area contributed by atoms with E-state index in [4.69, 9.17) is 9.84 Å². The number of carboxylic acid groups (broad SMARTS) is 1. The molecule has 4 heteroatoms. The summed E-state index contributed by atoms with van der Waals surface area (Å²) in [7, 11) is 0. The molecule has 0 heterocycles. The molecule has 3 nitrogen and oxygen atoms in total. The quantitative estimate of drug-likeness (QED) is 0.644. The first kappa shape index (κ1) is 16.5. The van der Waals surface area contributed by atoms with Crippen LogP contribution in [-0.2, 0) is 0 Å². The first-order valence-electron chi connectivity index (χ1n) is 7.23. The van der Waals surface area contributed by atoms with Crippen molar-refractivity contribution in [1.82, 2.24) is 0 Å². The molecule has 1 aromatic carbocycles. The predicted molar refractivity (Wildman–Crippen MR) is 77.2 cm³/mol. The van der Waals surface area contributed by atoms with Gasteiger partial charge in [0.1, 0.15) is 11.9 Å². The van der Waals surface area contributed by atoms with Gasteiger partial charge in [-0.25, -0.2) is 9.18 Å². The third-order valence-corrected chi connectivity index (χ3v) is 3.17. The molecule has 0 aliphatic heterocycles. The number of rotatable bonds is 10. The Labute approximate surface area is 119 Å². The molecule has 0 amide bonds. The van der Waals surface area contributed by atoms with Crippen molar-refractivity contribution in [3.05, 3.63) is 29.8 Å². The van der Waals surface area contributed by atoms with Crippen LogP contribution < -0.4 is 4.74 Å². The van der Waals surface area contributed by atoms with Gasteiger partial charge in [0.2, 0.25) is 0 Å². The highest BCUT2D eigenvalue weighted by atomic mass is 19.1. The molecule has 0 aromatic heterocycles. The van der Waals surface area contributed by atoms with Crippen LogP contribution in [0.2, 0.25) is 0 Å². The highest BCUT2D eigenvalue weighted by Gasteiger charge is 2.07. The maximum atomic E-state index is 13.5. The van der Waals surface area contributed by atoms with Crippen molar-refractivity contribution in [2.75, 3.05) is 6.61 Å². The van der Waals surface area contributed by atoms with Crippen molar-refractivity contribution in [3.63, 3.8) is 0 Å². The van der Waals surface area contributed by atoms with Crippen molar-refractivity contribution >= 4 is 5.97 Å². The van der Waals surface area contributed by atoms with Gasteiger partial charge in [-0.3, -0.25) is 0 Å². The zero-order valence-electron chi connectivity index (χ0n) is 12.0. The zero-order valence-corrected chi connectivity index (χ0v) is 12.0. The number of unbranched alkanes of at least 4 members (excludes halogenated alkanes) is 3. The van der Waals surface area contributed by atoms with Crippen molar-refractivity contribution in [2.45, 2.75) is 51.6 Å². The van der Waals surface area contributed by atoms with E-state index < -0.39 is 12.1 Å². The maximum absolute atomic E-state index is 13.5. The van der Waals surface area contributed by atoms with E-state index in [1.165, 1.54) is 18.6 Å². The Morgan fingerprint density at radius 2 is 1.90 bits per heavy atom. The smallest absolute Gasteiger partial charge is 0.335 e. The lowest BCUT2D eigenvalue weighted by atomic mass is 10.1. The maximum Gasteiger partial charge on any atom is 0.335 e. The minimum Gasteiger partial charge on any atom is -0.493 e. The van der Waals surface area contributed by atoms with Crippen LogP contribution in [0.15, 0.2) is 24.3 Å². The molecular formula is C16H23FO3. The zero-order chi connectivity index (χ0) is 14.8. The summed E-state index contributed by atoms with van der Waals surface area (Å²) in [5.41, 5.74) is 0.219. The third-order valence-electron chi connectivity index (χ3n) is 3.17. The third kappa shape index (κ3) is 6.55. The second-order valence-corrected chi connectivity index (χ2v) is 4.91. The van der Waals surface area contributed by atoms with Gasteiger partial charge in [-0.15, -0.1) is 0 Å². The molecule has 0 spiro atoms. The minimum absolute atomic E-state index is 0.219.